The lowest BCUT2D eigenvalue weighted by atomic mass is 10.00. The number of fused-ring (bicyclic) bond motifs is 1. The Balaban J connectivity index is 2.12. The minimum absolute atomic E-state index is 0.164. The third-order valence-corrected chi connectivity index (χ3v) is 3.46. The van der Waals surface area contributed by atoms with Gasteiger partial charge >= 0.3 is 0 Å². The number of anilines is 2. The van der Waals surface area contributed by atoms with E-state index in [-0.39, 0.29) is 6.29 Å². The molecule has 106 valence electrons. The van der Waals surface area contributed by atoms with Crippen molar-refractivity contribution < 1.29 is 9.47 Å². The number of rotatable bonds is 6. The van der Waals surface area contributed by atoms with Crippen molar-refractivity contribution in [3.8, 4) is 0 Å². The average Bonchev–Trinajstić information content (AvgIpc) is 2.40. The fourth-order valence-corrected chi connectivity index (χ4v) is 2.62. The first-order chi connectivity index (χ1) is 9.26. The van der Waals surface area contributed by atoms with E-state index in [0.717, 1.165) is 31.6 Å². The molecule has 2 N–H and O–H groups in total. The fraction of sp³-hybridized carbons (Fsp3) is 0.600. The number of nitrogen functional groups attached to an aromatic ring is 1. The van der Waals surface area contributed by atoms with E-state index >= 15 is 0 Å². The molecule has 1 heterocycles. The van der Waals surface area contributed by atoms with Crippen LogP contribution in [0, 0.1) is 0 Å². The van der Waals surface area contributed by atoms with E-state index in [1.807, 2.05) is 26.0 Å². The first-order valence-corrected chi connectivity index (χ1v) is 7.11. The monoisotopic (exact) mass is 264 g/mol. The maximum absolute atomic E-state index is 6.06. The van der Waals surface area contributed by atoms with Gasteiger partial charge in [0.05, 0.1) is 6.54 Å². The molecule has 1 aromatic rings. The number of nitrogens with two attached hydrogens (primary N) is 1. The summed E-state index contributed by atoms with van der Waals surface area (Å²) in [6.07, 6.45) is 2.03. The highest BCUT2D eigenvalue weighted by atomic mass is 16.7. The largest absolute Gasteiger partial charge is 0.398 e. The zero-order valence-electron chi connectivity index (χ0n) is 11.9. The molecule has 0 unspecified atom stereocenters. The van der Waals surface area contributed by atoms with Gasteiger partial charge in [0.25, 0.3) is 0 Å². The molecule has 0 radical (unpaired) electrons. The van der Waals surface area contributed by atoms with E-state index in [9.17, 15) is 0 Å². The second-order valence-electron chi connectivity index (χ2n) is 4.73. The smallest absolute Gasteiger partial charge is 0.174 e. The van der Waals surface area contributed by atoms with Crippen LogP contribution in [0.3, 0.4) is 0 Å². The Kier molecular flexibility index (Phi) is 5.05. The molecular weight excluding hydrogens is 240 g/mol. The second kappa shape index (κ2) is 6.78. The molecule has 4 heteroatoms. The van der Waals surface area contributed by atoms with Gasteiger partial charge < -0.3 is 20.1 Å². The molecule has 0 aliphatic carbocycles. The maximum atomic E-state index is 6.06. The van der Waals surface area contributed by atoms with Crippen LogP contribution in [-0.4, -0.2) is 32.6 Å². The highest BCUT2D eigenvalue weighted by Gasteiger charge is 2.21. The zero-order chi connectivity index (χ0) is 13.7. The molecule has 2 rings (SSSR count). The summed E-state index contributed by atoms with van der Waals surface area (Å²) in [4.78, 5) is 2.32. The van der Waals surface area contributed by atoms with Gasteiger partial charge in [-0.2, -0.15) is 0 Å². The van der Waals surface area contributed by atoms with Gasteiger partial charge in [0.15, 0.2) is 6.29 Å². The molecule has 0 atom stereocenters. The number of nitrogens with zero attached hydrogens (tertiary/aromatic N) is 1. The lowest BCUT2D eigenvalue weighted by Gasteiger charge is -2.34. The van der Waals surface area contributed by atoms with Gasteiger partial charge in [-0.3, -0.25) is 0 Å². The predicted octanol–water partition coefficient (Wildman–Crippen LogP) is 2.42. The summed E-state index contributed by atoms with van der Waals surface area (Å²) in [5, 5.41) is 0. The third-order valence-electron chi connectivity index (χ3n) is 3.46. The standard InChI is InChI=1S/C15H24N2O2/c1-3-18-15(19-4-2)11-17-10-6-7-12-13(16)8-5-9-14(12)17/h5,8-9,15H,3-4,6-7,10-11,16H2,1-2H3. The van der Waals surface area contributed by atoms with Crippen molar-refractivity contribution in [2.75, 3.05) is 36.9 Å². The van der Waals surface area contributed by atoms with Crippen molar-refractivity contribution in [1.29, 1.82) is 0 Å². The van der Waals surface area contributed by atoms with E-state index in [2.05, 4.69) is 11.0 Å². The number of benzene rings is 1. The Hall–Kier alpha value is -1.26. The van der Waals surface area contributed by atoms with Crippen LogP contribution in [-0.2, 0) is 15.9 Å². The number of ether oxygens (including phenoxy) is 2. The van der Waals surface area contributed by atoms with Gasteiger partial charge in [0.1, 0.15) is 0 Å². The predicted molar refractivity (Wildman–Crippen MR) is 78.4 cm³/mol. The second-order valence-corrected chi connectivity index (χ2v) is 4.73. The lowest BCUT2D eigenvalue weighted by molar-refractivity contribution is -0.129. The Morgan fingerprint density at radius 2 is 2.00 bits per heavy atom. The molecule has 0 aromatic heterocycles. The first-order valence-electron chi connectivity index (χ1n) is 7.11. The molecule has 0 saturated heterocycles. The summed E-state index contributed by atoms with van der Waals surface area (Å²) in [5.74, 6) is 0. The van der Waals surface area contributed by atoms with Crippen LogP contribution >= 0.6 is 0 Å². The number of hydrogen-bond donors (Lipinski definition) is 1. The summed E-state index contributed by atoms with van der Waals surface area (Å²) >= 11 is 0. The highest BCUT2D eigenvalue weighted by Crippen LogP contribution is 2.31. The van der Waals surface area contributed by atoms with E-state index in [4.69, 9.17) is 15.2 Å². The Morgan fingerprint density at radius 1 is 1.26 bits per heavy atom. The van der Waals surface area contributed by atoms with Crippen LogP contribution in [0.15, 0.2) is 18.2 Å². The van der Waals surface area contributed by atoms with Gasteiger partial charge in [-0.05, 0) is 44.4 Å². The SMILES string of the molecule is CCOC(CN1CCCc2c(N)cccc21)OCC. The molecule has 4 nitrogen and oxygen atoms in total. The molecule has 0 amide bonds. The molecule has 19 heavy (non-hydrogen) atoms. The van der Waals surface area contributed by atoms with Gasteiger partial charge in [-0.15, -0.1) is 0 Å². The molecule has 1 aromatic carbocycles. The third kappa shape index (κ3) is 3.39. The Morgan fingerprint density at radius 3 is 2.68 bits per heavy atom. The van der Waals surface area contributed by atoms with Crippen molar-refractivity contribution in [3.63, 3.8) is 0 Å². The average molecular weight is 264 g/mol. The van der Waals surface area contributed by atoms with Crippen molar-refractivity contribution in [2.24, 2.45) is 0 Å². The summed E-state index contributed by atoms with van der Waals surface area (Å²) in [7, 11) is 0. The van der Waals surface area contributed by atoms with Crippen molar-refractivity contribution in [3.05, 3.63) is 23.8 Å². The fourth-order valence-electron chi connectivity index (χ4n) is 2.62. The minimum Gasteiger partial charge on any atom is -0.398 e. The zero-order valence-corrected chi connectivity index (χ0v) is 11.9. The molecule has 1 aliphatic heterocycles. The summed E-state index contributed by atoms with van der Waals surface area (Å²) in [6.45, 7) is 7.12. The molecular formula is C15H24N2O2. The van der Waals surface area contributed by atoms with Crippen LogP contribution < -0.4 is 10.6 Å². The van der Waals surface area contributed by atoms with Crippen molar-refractivity contribution in [2.45, 2.75) is 33.0 Å². The summed E-state index contributed by atoms with van der Waals surface area (Å²) in [5.41, 5.74) is 9.45. The maximum Gasteiger partial charge on any atom is 0.174 e. The van der Waals surface area contributed by atoms with Gasteiger partial charge in [-0.1, -0.05) is 6.07 Å². The summed E-state index contributed by atoms with van der Waals surface area (Å²) in [6, 6.07) is 6.13. The topological polar surface area (TPSA) is 47.7 Å². The molecule has 0 fully saturated rings. The van der Waals surface area contributed by atoms with E-state index in [1.165, 1.54) is 11.3 Å². The first kappa shape index (κ1) is 14.2. The van der Waals surface area contributed by atoms with Gasteiger partial charge in [0, 0.05) is 31.1 Å². The van der Waals surface area contributed by atoms with E-state index in [1.54, 1.807) is 0 Å². The normalized spacial score (nSPS) is 14.8. The van der Waals surface area contributed by atoms with Crippen LogP contribution in [0.5, 0.6) is 0 Å². The molecule has 0 saturated carbocycles. The van der Waals surface area contributed by atoms with Gasteiger partial charge in [0.2, 0.25) is 0 Å². The molecule has 1 aliphatic rings. The molecule has 0 bridgehead atoms. The van der Waals surface area contributed by atoms with E-state index in [0.29, 0.717) is 13.2 Å². The van der Waals surface area contributed by atoms with Crippen molar-refractivity contribution >= 4 is 11.4 Å². The van der Waals surface area contributed by atoms with Crippen LogP contribution in [0.4, 0.5) is 11.4 Å². The highest BCUT2D eigenvalue weighted by molar-refractivity contribution is 5.66. The van der Waals surface area contributed by atoms with Gasteiger partial charge in [-0.25, -0.2) is 0 Å². The lowest BCUT2D eigenvalue weighted by Crippen LogP contribution is -2.39. The Bertz CT molecular complexity index is 403. The van der Waals surface area contributed by atoms with Crippen LogP contribution in [0.25, 0.3) is 0 Å². The number of hydrogen-bond acceptors (Lipinski definition) is 4. The minimum atomic E-state index is -0.164. The Labute approximate surface area is 115 Å². The van der Waals surface area contributed by atoms with Crippen molar-refractivity contribution in [1.82, 2.24) is 0 Å². The summed E-state index contributed by atoms with van der Waals surface area (Å²) < 4.78 is 11.3. The van der Waals surface area contributed by atoms with E-state index < -0.39 is 0 Å². The van der Waals surface area contributed by atoms with Crippen LogP contribution in [0.2, 0.25) is 0 Å². The van der Waals surface area contributed by atoms with Crippen LogP contribution in [0.1, 0.15) is 25.8 Å². The molecule has 0 spiro atoms. The quantitative estimate of drug-likeness (QED) is 0.633.